The van der Waals surface area contributed by atoms with Gasteiger partial charge in [0.05, 0.1) is 6.61 Å². The van der Waals surface area contributed by atoms with Crippen LogP contribution in [0.3, 0.4) is 0 Å². The third-order valence-corrected chi connectivity index (χ3v) is 2.14. The third-order valence-electron chi connectivity index (χ3n) is 2.14. The molecule has 0 saturated carbocycles. The summed E-state index contributed by atoms with van der Waals surface area (Å²) >= 11 is 0. The highest BCUT2D eigenvalue weighted by atomic mass is 19.4. The second kappa shape index (κ2) is 6.06. The van der Waals surface area contributed by atoms with Gasteiger partial charge < -0.3 is 9.47 Å². The van der Waals surface area contributed by atoms with Crippen molar-refractivity contribution in [2.24, 2.45) is 0 Å². The molecule has 0 aliphatic rings. The summed E-state index contributed by atoms with van der Waals surface area (Å²) in [5, 5.41) is 8.85. The summed E-state index contributed by atoms with van der Waals surface area (Å²) < 4.78 is 45.3. The van der Waals surface area contributed by atoms with Gasteiger partial charge in [-0.05, 0) is 19.1 Å². The Bertz CT molecular complexity index is 575. The molecule has 5 nitrogen and oxygen atoms in total. The number of ether oxygens (including phenoxy) is 2. The number of esters is 1. The molecule has 0 N–H and O–H groups in total. The van der Waals surface area contributed by atoms with Crippen molar-refractivity contribution < 1.29 is 32.2 Å². The minimum atomic E-state index is -5.12. The largest absolute Gasteiger partial charge is 0.573 e. The van der Waals surface area contributed by atoms with E-state index in [0.717, 1.165) is 12.1 Å². The van der Waals surface area contributed by atoms with Gasteiger partial charge in [0.15, 0.2) is 12.0 Å². The second-order valence-electron chi connectivity index (χ2n) is 3.40. The van der Waals surface area contributed by atoms with Crippen LogP contribution in [0, 0.1) is 11.3 Å². The molecule has 0 amide bonds. The lowest BCUT2D eigenvalue weighted by molar-refractivity contribution is -0.274. The van der Waals surface area contributed by atoms with Gasteiger partial charge in [-0.1, -0.05) is 0 Å². The van der Waals surface area contributed by atoms with Crippen molar-refractivity contribution in [1.82, 2.24) is 0 Å². The smallest absolute Gasteiger partial charge is 0.462 e. The van der Waals surface area contributed by atoms with Crippen molar-refractivity contribution >= 4 is 12.3 Å². The number of hydrogen-bond acceptors (Lipinski definition) is 5. The van der Waals surface area contributed by atoms with Gasteiger partial charge in [0, 0.05) is 5.56 Å². The van der Waals surface area contributed by atoms with E-state index < -0.39 is 29.2 Å². The molecular weight excluding hydrogens is 279 g/mol. The second-order valence-corrected chi connectivity index (χ2v) is 3.40. The van der Waals surface area contributed by atoms with Crippen molar-refractivity contribution in [3.05, 3.63) is 28.8 Å². The van der Waals surface area contributed by atoms with Crippen molar-refractivity contribution in [2.45, 2.75) is 13.3 Å². The van der Waals surface area contributed by atoms with Crippen LogP contribution < -0.4 is 4.74 Å². The number of alkyl halides is 3. The number of aldehydes is 1. The number of nitriles is 1. The zero-order valence-corrected chi connectivity index (χ0v) is 10.2. The highest BCUT2D eigenvalue weighted by Crippen LogP contribution is 2.32. The Balaban J connectivity index is 3.48. The Hall–Kier alpha value is -2.56. The number of carbonyl (C=O) groups excluding carboxylic acids is 2. The zero-order valence-electron chi connectivity index (χ0n) is 10.2. The average Bonchev–Trinajstić information content (AvgIpc) is 2.36. The lowest BCUT2D eigenvalue weighted by atomic mass is 10.0. The number of benzene rings is 1. The third kappa shape index (κ3) is 3.47. The van der Waals surface area contributed by atoms with Crippen LogP contribution in [0.1, 0.15) is 33.2 Å². The molecule has 1 aromatic carbocycles. The van der Waals surface area contributed by atoms with Crippen LogP contribution in [0.2, 0.25) is 0 Å². The molecule has 8 heteroatoms. The molecule has 0 bridgehead atoms. The lowest BCUT2D eigenvalue weighted by Gasteiger charge is -2.14. The van der Waals surface area contributed by atoms with Crippen molar-refractivity contribution in [2.75, 3.05) is 6.61 Å². The fourth-order valence-electron chi connectivity index (χ4n) is 1.40. The van der Waals surface area contributed by atoms with Gasteiger partial charge in [-0.2, -0.15) is 5.26 Å². The van der Waals surface area contributed by atoms with Crippen LogP contribution in [0.15, 0.2) is 12.1 Å². The van der Waals surface area contributed by atoms with E-state index in [4.69, 9.17) is 5.26 Å². The summed E-state index contributed by atoms with van der Waals surface area (Å²) in [6.45, 7) is 1.40. The summed E-state index contributed by atoms with van der Waals surface area (Å²) in [7, 11) is 0. The number of halogens is 3. The number of nitrogens with zero attached hydrogens (tertiary/aromatic N) is 1. The van der Waals surface area contributed by atoms with Crippen LogP contribution in [0.25, 0.3) is 0 Å². The monoisotopic (exact) mass is 287 g/mol. The minimum absolute atomic E-state index is 0.0678. The van der Waals surface area contributed by atoms with E-state index in [2.05, 4.69) is 9.47 Å². The van der Waals surface area contributed by atoms with E-state index in [9.17, 15) is 22.8 Å². The summed E-state index contributed by atoms with van der Waals surface area (Å²) in [4.78, 5) is 22.3. The van der Waals surface area contributed by atoms with Gasteiger partial charge >= 0.3 is 12.3 Å². The molecule has 0 heterocycles. The Kier molecular flexibility index (Phi) is 4.69. The van der Waals surface area contributed by atoms with Crippen molar-refractivity contribution in [3.63, 3.8) is 0 Å². The molecule has 0 saturated heterocycles. The molecule has 0 fully saturated rings. The minimum Gasteiger partial charge on any atom is -0.462 e. The van der Waals surface area contributed by atoms with Gasteiger partial charge in [0.2, 0.25) is 0 Å². The van der Waals surface area contributed by atoms with E-state index in [0.29, 0.717) is 0 Å². The Morgan fingerprint density at radius 2 is 2.10 bits per heavy atom. The van der Waals surface area contributed by atoms with E-state index >= 15 is 0 Å². The quantitative estimate of drug-likeness (QED) is 0.628. The van der Waals surface area contributed by atoms with Gasteiger partial charge in [-0.3, -0.25) is 4.79 Å². The summed E-state index contributed by atoms with van der Waals surface area (Å²) in [5.74, 6) is -2.12. The fraction of sp³-hybridized carbons (Fsp3) is 0.250. The van der Waals surface area contributed by atoms with Crippen molar-refractivity contribution in [3.8, 4) is 11.8 Å². The number of rotatable bonds is 4. The van der Waals surface area contributed by atoms with Gasteiger partial charge in [-0.15, -0.1) is 13.2 Å². The Labute approximate surface area is 111 Å². The zero-order chi connectivity index (χ0) is 15.3. The first-order valence-corrected chi connectivity index (χ1v) is 5.29. The molecule has 1 aromatic rings. The molecule has 0 spiro atoms. The molecule has 20 heavy (non-hydrogen) atoms. The van der Waals surface area contributed by atoms with E-state index in [1.807, 2.05) is 0 Å². The van der Waals surface area contributed by atoms with E-state index in [1.165, 1.54) is 13.0 Å². The summed E-state index contributed by atoms with van der Waals surface area (Å²) in [6, 6.07) is 3.39. The predicted molar refractivity (Wildman–Crippen MR) is 59.2 cm³/mol. The standard InChI is InChI=1S/C12H8F3NO4/c1-2-19-11(18)8-4-3-7(6-17)9(5-16)10(8)20-12(13,14)15/h3-4,6H,2H2,1H3. The van der Waals surface area contributed by atoms with Crippen LogP contribution in [-0.2, 0) is 4.74 Å². The fourth-order valence-corrected chi connectivity index (χ4v) is 1.40. The normalized spacial score (nSPS) is 10.6. The average molecular weight is 287 g/mol. The van der Waals surface area contributed by atoms with Crippen LogP contribution in [-0.4, -0.2) is 25.2 Å². The first kappa shape index (κ1) is 15.5. The molecule has 0 aliphatic carbocycles. The maximum atomic E-state index is 12.4. The molecule has 106 valence electrons. The molecule has 0 radical (unpaired) electrons. The number of carbonyl (C=O) groups is 2. The topological polar surface area (TPSA) is 76.4 Å². The van der Waals surface area contributed by atoms with Gasteiger partial charge in [0.1, 0.15) is 17.2 Å². The van der Waals surface area contributed by atoms with Crippen molar-refractivity contribution in [1.29, 1.82) is 5.26 Å². The summed E-state index contributed by atoms with van der Waals surface area (Å²) in [5.41, 5.74) is -1.57. The Morgan fingerprint density at radius 3 is 2.55 bits per heavy atom. The predicted octanol–water partition coefficient (Wildman–Crippen LogP) is 2.45. The Morgan fingerprint density at radius 1 is 1.45 bits per heavy atom. The van der Waals surface area contributed by atoms with Gasteiger partial charge in [-0.25, -0.2) is 4.79 Å². The van der Waals surface area contributed by atoms with Crippen LogP contribution >= 0.6 is 0 Å². The van der Waals surface area contributed by atoms with Crippen LogP contribution in [0.4, 0.5) is 13.2 Å². The molecule has 0 unspecified atom stereocenters. The molecule has 0 aromatic heterocycles. The molecule has 0 atom stereocenters. The maximum Gasteiger partial charge on any atom is 0.573 e. The molecular formula is C12H8F3NO4. The maximum absolute atomic E-state index is 12.4. The van der Waals surface area contributed by atoms with E-state index in [1.54, 1.807) is 0 Å². The number of hydrogen-bond donors (Lipinski definition) is 0. The van der Waals surface area contributed by atoms with E-state index in [-0.39, 0.29) is 18.5 Å². The first-order valence-electron chi connectivity index (χ1n) is 5.29. The highest BCUT2D eigenvalue weighted by Gasteiger charge is 2.35. The molecule has 1 rings (SSSR count). The molecule has 0 aliphatic heterocycles. The highest BCUT2D eigenvalue weighted by molar-refractivity contribution is 5.95. The van der Waals surface area contributed by atoms with Crippen LogP contribution in [0.5, 0.6) is 5.75 Å². The van der Waals surface area contributed by atoms with Gasteiger partial charge in [0.25, 0.3) is 0 Å². The lowest BCUT2D eigenvalue weighted by Crippen LogP contribution is -2.21. The summed E-state index contributed by atoms with van der Waals surface area (Å²) in [6.07, 6.45) is -4.93. The SMILES string of the molecule is CCOC(=O)c1ccc(C=O)c(C#N)c1OC(F)(F)F. The first-order chi connectivity index (χ1) is 9.34.